The highest BCUT2D eigenvalue weighted by Crippen LogP contribution is 2.25. The number of nitrogens with one attached hydrogen (secondary N) is 1. The van der Waals surface area contributed by atoms with Gasteiger partial charge in [0.25, 0.3) is 0 Å². The smallest absolute Gasteiger partial charge is 0.303 e. The summed E-state index contributed by atoms with van der Waals surface area (Å²) in [6.45, 7) is 3.10. The highest BCUT2D eigenvalue weighted by molar-refractivity contribution is 5.96. The van der Waals surface area contributed by atoms with Crippen LogP contribution in [0, 0.1) is 17.8 Å². The zero-order valence-electron chi connectivity index (χ0n) is 40.6. The van der Waals surface area contributed by atoms with E-state index in [4.69, 9.17) is 30.9 Å². The fraction of sp³-hybridized carbons (Fsp3) is 0.739. The fourth-order valence-corrected chi connectivity index (χ4v) is 7.92. The summed E-state index contributed by atoms with van der Waals surface area (Å²) in [7, 11) is 0. The number of ether oxygens (including phenoxy) is 2. The molecule has 11 N–H and O–H groups in total. The van der Waals surface area contributed by atoms with Crippen molar-refractivity contribution in [3.8, 4) is 0 Å². The predicted molar refractivity (Wildman–Crippen MR) is 247 cm³/mol. The summed E-state index contributed by atoms with van der Waals surface area (Å²) >= 11 is 0. The third kappa shape index (κ3) is 22.1. The molecule has 0 saturated carbocycles. The fourth-order valence-electron chi connectivity index (χ4n) is 7.92. The van der Waals surface area contributed by atoms with Gasteiger partial charge in [0.05, 0.1) is 25.7 Å². The second kappa shape index (κ2) is 31.7. The van der Waals surface area contributed by atoms with Crippen molar-refractivity contribution in [2.45, 2.75) is 166 Å². The molecule has 2 fully saturated rings. The van der Waals surface area contributed by atoms with Crippen molar-refractivity contribution in [2.75, 3.05) is 32.9 Å². The van der Waals surface area contributed by atoms with E-state index in [2.05, 4.69) is 15.5 Å². The van der Waals surface area contributed by atoms with E-state index in [1.54, 1.807) is 13.8 Å². The summed E-state index contributed by atoms with van der Waals surface area (Å²) in [5.74, 6) is -8.26. The largest absolute Gasteiger partial charge is 0.481 e. The van der Waals surface area contributed by atoms with E-state index in [9.17, 15) is 73.5 Å². The van der Waals surface area contributed by atoms with Crippen LogP contribution in [-0.4, -0.2) is 181 Å². The Hall–Kier alpha value is -5.60. The van der Waals surface area contributed by atoms with Crippen LogP contribution in [0.25, 0.3) is 0 Å². The molecule has 2 rings (SSSR count). The molecule has 0 aromatic carbocycles. The SMILES string of the molecule is C/C(=N\OCC(=O)CCC(=O)CCC(=O)N1CCCC1C(=O)NC(CCCN=C(N)N)C(=O)CCC(=O)CCC(=O)CC(CO)C(=O)CC(C(=O)CCC(=O)O)C(C)C)OC1C(O)OC(CO)C(O)C1O. The van der Waals surface area contributed by atoms with Crippen molar-refractivity contribution in [1.29, 1.82) is 0 Å². The zero-order valence-corrected chi connectivity index (χ0v) is 40.6. The number of nitrogens with two attached hydrogens (primary N) is 2. The lowest BCUT2D eigenvalue weighted by Crippen LogP contribution is -2.59. The molecule has 2 heterocycles. The van der Waals surface area contributed by atoms with Gasteiger partial charge in [0.2, 0.25) is 17.7 Å². The number of hydrogen-bond acceptors (Lipinski definition) is 20. The highest BCUT2D eigenvalue weighted by atomic mass is 16.7. The highest BCUT2D eigenvalue weighted by Gasteiger charge is 2.45. The maximum atomic E-state index is 13.6. The minimum atomic E-state index is -1.72. The van der Waals surface area contributed by atoms with Crippen molar-refractivity contribution in [3.05, 3.63) is 0 Å². The van der Waals surface area contributed by atoms with E-state index >= 15 is 0 Å². The van der Waals surface area contributed by atoms with Crippen LogP contribution in [0.3, 0.4) is 0 Å². The number of ketones is 7. The number of carbonyl (C=O) groups is 10. The number of oxime groups is 1. The van der Waals surface area contributed by atoms with Gasteiger partial charge in [-0.3, -0.25) is 52.9 Å². The second-order valence-electron chi connectivity index (χ2n) is 18.0. The summed E-state index contributed by atoms with van der Waals surface area (Å²) in [5.41, 5.74) is 10.8. The van der Waals surface area contributed by atoms with Crippen LogP contribution >= 0.6 is 0 Å². The lowest BCUT2D eigenvalue weighted by molar-refractivity contribution is -0.283. The summed E-state index contributed by atoms with van der Waals surface area (Å²) in [6.07, 6.45) is -10.0. The lowest BCUT2D eigenvalue weighted by Gasteiger charge is -2.39. The summed E-state index contributed by atoms with van der Waals surface area (Å²) in [5, 5.41) is 64.4. The maximum absolute atomic E-state index is 13.6. The standard InChI is InChI=1S/C46H72N6O19/c1-25(2)32(35(59)15-17-40(63)64)21-37(61)27(22-53)20-30(57)10-8-28(55)12-14-36(60)33(6-4-18-49-46(47)48)50-44(67)34-7-5-19-52(34)39(62)16-13-29(56)9-11-31(58)24-69-51-26(3)70-43-42(66)41(65)38(23-54)71-45(43)68/h25,27,32-34,38,41-43,45,53-54,65-66,68H,4-24H2,1-3H3,(H,50,67)(H,63,64)(H4,47,48,49)/b51-26+. The molecule has 400 valence electrons. The number of nitrogens with zero attached hydrogens (tertiary/aromatic N) is 3. The molecule has 0 aromatic heterocycles. The number of hydrogen-bond donors (Lipinski definition) is 9. The summed E-state index contributed by atoms with van der Waals surface area (Å²) in [4.78, 5) is 138. The van der Waals surface area contributed by atoms with E-state index in [0.717, 1.165) is 0 Å². The van der Waals surface area contributed by atoms with E-state index in [0.29, 0.717) is 6.42 Å². The molecule has 25 heteroatoms. The number of aliphatic hydroxyl groups is 5. The number of Topliss-reactive ketones (excluding diaryl/α,β-unsaturated/α-hetero) is 7. The number of amides is 2. The van der Waals surface area contributed by atoms with Crippen LogP contribution < -0.4 is 16.8 Å². The molecular weight excluding hydrogens is 941 g/mol. The van der Waals surface area contributed by atoms with Gasteiger partial charge in [-0.2, -0.15) is 0 Å². The van der Waals surface area contributed by atoms with Gasteiger partial charge in [-0.05, 0) is 31.6 Å². The molecule has 0 radical (unpaired) electrons. The van der Waals surface area contributed by atoms with Crippen LogP contribution in [0.4, 0.5) is 0 Å². The lowest BCUT2D eigenvalue weighted by atomic mass is 9.82. The molecule has 9 atom stereocenters. The molecule has 2 aliphatic heterocycles. The molecule has 2 amide bonds. The summed E-state index contributed by atoms with van der Waals surface area (Å²) in [6, 6.07) is -2.06. The number of aliphatic carboxylic acids is 1. The third-order valence-electron chi connectivity index (χ3n) is 12.1. The van der Waals surface area contributed by atoms with Gasteiger partial charge >= 0.3 is 5.97 Å². The van der Waals surface area contributed by atoms with Crippen LogP contribution in [0.5, 0.6) is 0 Å². The van der Waals surface area contributed by atoms with Crippen molar-refractivity contribution >= 4 is 70.1 Å². The molecule has 2 aliphatic rings. The van der Waals surface area contributed by atoms with Gasteiger partial charge in [0.15, 0.2) is 36.5 Å². The number of guanidine groups is 1. The van der Waals surface area contributed by atoms with Crippen molar-refractivity contribution in [1.82, 2.24) is 10.2 Å². The number of likely N-dealkylation sites (tertiary alicyclic amines) is 1. The Bertz CT molecular complexity index is 1920. The normalized spacial score (nSPS) is 21.4. The maximum Gasteiger partial charge on any atom is 0.303 e. The number of aliphatic hydroxyl groups excluding tert-OH is 5. The Kier molecular flexibility index (Phi) is 27.4. The Balaban J connectivity index is 1.88. The number of aliphatic imine (C=N–C) groups is 1. The van der Waals surface area contributed by atoms with E-state index < -0.39 is 139 Å². The van der Waals surface area contributed by atoms with Gasteiger partial charge in [-0.1, -0.05) is 19.0 Å². The van der Waals surface area contributed by atoms with Crippen molar-refractivity contribution in [3.63, 3.8) is 0 Å². The first-order valence-electron chi connectivity index (χ1n) is 23.8. The topological polar surface area (TPSA) is 412 Å². The minimum Gasteiger partial charge on any atom is -0.481 e. The van der Waals surface area contributed by atoms with Crippen LogP contribution in [-0.2, 0) is 62.3 Å². The molecular formula is C46H72N6O19. The molecule has 9 unspecified atom stereocenters. The number of carboxylic acid groups (broad SMARTS) is 1. The number of carboxylic acids is 1. The second-order valence-corrected chi connectivity index (χ2v) is 18.0. The van der Waals surface area contributed by atoms with Crippen molar-refractivity contribution < 1.29 is 92.9 Å². The molecule has 71 heavy (non-hydrogen) atoms. The van der Waals surface area contributed by atoms with E-state index in [1.165, 1.54) is 11.8 Å². The average molecular weight is 1010 g/mol. The molecule has 0 spiro atoms. The van der Waals surface area contributed by atoms with Crippen molar-refractivity contribution in [2.24, 2.45) is 39.4 Å². The minimum absolute atomic E-state index is 0.0771. The van der Waals surface area contributed by atoms with Gasteiger partial charge in [0.1, 0.15) is 53.3 Å². The molecule has 25 nitrogen and oxygen atoms in total. The number of carbonyl (C=O) groups excluding carboxylic acids is 9. The average Bonchev–Trinajstić information content (AvgIpc) is 3.82. The Morgan fingerprint density at radius 3 is 1.99 bits per heavy atom. The first-order chi connectivity index (χ1) is 33.5. The van der Waals surface area contributed by atoms with Gasteiger partial charge < -0.3 is 66.6 Å². The number of rotatable bonds is 35. The van der Waals surface area contributed by atoms with E-state index in [-0.39, 0.29) is 121 Å². The quantitative estimate of drug-likeness (QED) is 0.0148. The van der Waals surface area contributed by atoms with Crippen LogP contribution in [0.15, 0.2) is 10.1 Å². The molecule has 0 bridgehead atoms. The third-order valence-corrected chi connectivity index (χ3v) is 12.1. The molecule has 2 saturated heterocycles. The van der Waals surface area contributed by atoms with Gasteiger partial charge in [-0.15, -0.1) is 0 Å². The molecule has 0 aromatic rings. The Morgan fingerprint density at radius 2 is 1.38 bits per heavy atom. The predicted octanol–water partition coefficient (Wildman–Crippen LogP) is -1.69. The first kappa shape index (κ1) is 61.5. The summed E-state index contributed by atoms with van der Waals surface area (Å²) < 4.78 is 10.3. The van der Waals surface area contributed by atoms with E-state index in [1.807, 2.05) is 0 Å². The Labute approximate surface area is 411 Å². The van der Waals surface area contributed by atoms with Crippen LogP contribution in [0.1, 0.15) is 124 Å². The molecule has 0 aliphatic carbocycles. The monoisotopic (exact) mass is 1010 g/mol. The van der Waals surface area contributed by atoms with Gasteiger partial charge in [0, 0.05) is 102 Å². The Morgan fingerprint density at radius 1 is 0.775 bits per heavy atom. The zero-order chi connectivity index (χ0) is 53.4. The first-order valence-corrected chi connectivity index (χ1v) is 23.8. The van der Waals surface area contributed by atoms with Crippen LogP contribution in [0.2, 0.25) is 0 Å². The van der Waals surface area contributed by atoms with Gasteiger partial charge in [-0.25, -0.2) is 0 Å².